The molecule has 0 bridgehead atoms. The third-order valence-electron chi connectivity index (χ3n) is 6.47. The molecule has 1 saturated heterocycles. The fourth-order valence-corrected chi connectivity index (χ4v) is 4.57. The summed E-state index contributed by atoms with van der Waals surface area (Å²) >= 11 is 0. The van der Waals surface area contributed by atoms with Gasteiger partial charge in [0.25, 0.3) is 0 Å². The molecule has 0 aliphatic carbocycles. The van der Waals surface area contributed by atoms with Crippen molar-refractivity contribution >= 4 is 17.4 Å². The molecule has 4 heterocycles. The highest BCUT2D eigenvalue weighted by Gasteiger charge is 2.15. The first-order valence-electron chi connectivity index (χ1n) is 11.2. The first-order valence-corrected chi connectivity index (χ1v) is 11.2. The molecule has 5 rings (SSSR count). The van der Waals surface area contributed by atoms with Crippen molar-refractivity contribution in [3.8, 4) is 11.3 Å². The monoisotopic (exact) mass is 414 g/mol. The lowest BCUT2D eigenvalue weighted by Crippen LogP contribution is -2.44. The van der Waals surface area contributed by atoms with Gasteiger partial charge in [0.1, 0.15) is 11.1 Å². The summed E-state index contributed by atoms with van der Waals surface area (Å²) in [5.74, 6) is 0. The van der Waals surface area contributed by atoms with Crippen LogP contribution in [0.4, 0.5) is 5.69 Å². The lowest BCUT2D eigenvalue weighted by molar-refractivity contribution is 0.313. The van der Waals surface area contributed by atoms with Crippen molar-refractivity contribution in [1.82, 2.24) is 14.3 Å². The molecule has 1 aromatic carbocycles. The summed E-state index contributed by atoms with van der Waals surface area (Å²) in [6.45, 7) is 8.45. The van der Waals surface area contributed by atoms with Gasteiger partial charge in [0, 0.05) is 50.0 Å². The number of piperazine rings is 1. The van der Waals surface area contributed by atoms with Crippen LogP contribution in [0.5, 0.6) is 0 Å². The van der Waals surface area contributed by atoms with Crippen LogP contribution in [-0.2, 0) is 0 Å². The van der Waals surface area contributed by atoms with Crippen molar-refractivity contribution in [3.63, 3.8) is 0 Å². The normalized spacial score (nSPS) is 19.5. The van der Waals surface area contributed by atoms with Crippen LogP contribution < -0.4 is 21.0 Å². The Morgan fingerprint density at radius 3 is 2.68 bits per heavy atom. The quantitative estimate of drug-likeness (QED) is 0.699. The molecule has 1 N–H and O–H groups in total. The van der Waals surface area contributed by atoms with Crippen LogP contribution in [0.2, 0.25) is 0 Å². The van der Waals surface area contributed by atoms with Crippen molar-refractivity contribution in [2.45, 2.75) is 32.7 Å². The van der Waals surface area contributed by atoms with Gasteiger partial charge in [0.05, 0.1) is 16.7 Å². The number of likely N-dealkylation sites (N-methyl/N-ethyl adjacent to an activating group) is 1. The second kappa shape index (κ2) is 7.93. The molecule has 2 aromatic heterocycles. The molecular weight excluding hydrogens is 384 g/mol. The summed E-state index contributed by atoms with van der Waals surface area (Å²) in [7, 11) is 2.16. The van der Waals surface area contributed by atoms with Gasteiger partial charge in [0.15, 0.2) is 0 Å². The van der Waals surface area contributed by atoms with E-state index in [1.165, 1.54) is 10.8 Å². The molecule has 6 nitrogen and oxygen atoms in total. The number of nitrogens with zero attached hydrogens (tertiary/aromatic N) is 5. The number of aromatic nitrogens is 2. The molecule has 3 aromatic rings. The van der Waals surface area contributed by atoms with Gasteiger partial charge in [-0.2, -0.15) is 0 Å². The summed E-state index contributed by atoms with van der Waals surface area (Å²) in [4.78, 5) is 14.5. The van der Waals surface area contributed by atoms with Crippen LogP contribution in [0, 0.1) is 12.3 Å². The summed E-state index contributed by atoms with van der Waals surface area (Å²) in [5.41, 5.74) is 5.47. The number of fused-ring (bicyclic) bond motifs is 2. The highest BCUT2D eigenvalue weighted by molar-refractivity contribution is 5.63. The SMILES string of the molecule is Cc1cc(-c2cc(=N)n3cc(N4CCN(C)CC4)ccc3n2)cc2c1=NC(C)CCC=2. The van der Waals surface area contributed by atoms with Crippen molar-refractivity contribution in [3.05, 3.63) is 58.2 Å². The van der Waals surface area contributed by atoms with Crippen LogP contribution in [0.1, 0.15) is 25.3 Å². The molecule has 0 amide bonds. The molecular formula is C25H30N6. The third kappa shape index (κ3) is 3.88. The first-order chi connectivity index (χ1) is 15.0. The average molecular weight is 415 g/mol. The maximum absolute atomic E-state index is 8.67. The minimum Gasteiger partial charge on any atom is -0.368 e. The third-order valence-corrected chi connectivity index (χ3v) is 6.47. The Morgan fingerprint density at radius 1 is 1.06 bits per heavy atom. The van der Waals surface area contributed by atoms with E-state index in [1.807, 2.05) is 16.5 Å². The van der Waals surface area contributed by atoms with Crippen LogP contribution >= 0.6 is 0 Å². The summed E-state index contributed by atoms with van der Waals surface area (Å²) < 4.78 is 1.89. The maximum atomic E-state index is 8.67. The number of hydrogen-bond donors (Lipinski definition) is 1. The first kappa shape index (κ1) is 19.9. The van der Waals surface area contributed by atoms with Gasteiger partial charge in [-0.05, 0) is 68.8 Å². The lowest BCUT2D eigenvalue weighted by atomic mass is 10.1. The van der Waals surface area contributed by atoms with Gasteiger partial charge < -0.3 is 9.80 Å². The lowest BCUT2D eigenvalue weighted by Gasteiger charge is -2.34. The zero-order valence-corrected chi connectivity index (χ0v) is 18.6. The molecule has 31 heavy (non-hydrogen) atoms. The van der Waals surface area contributed by atoms with E-state index in [-0.39, 0.29) is 0 Å². The molecule has 160 valence electrons. The predicted octanol–water partition coefficient (Wildman–Crippen LogP) is 2.12. The molecule has 2 aliphatic heterocycles. The zero-order valence-electron chi connectivity index (χ0n) is 18.6. The zero-order chi connectivity index (χ0) is 21.5. The number of rotatable bonds is 2. The van der Waals surface area contributed by atoms with Crippen LogP contribution in [0.15, 0.2) is 41.5 Å². The van der Waals surface area contributed by atoms with Gasteiger partial charge >= 0.3 is 0 Å². The minimum absolute atomic E-state index is 0.353. The fraction of sp³-hybridized carbons (Fsp3) is 0.400. The summed E-state index contributed by atoms with van der Waals surface area (Å²) in [5, 5.41) is 11.0. The maximum Gasteiger partial charge on any atom is 0.139 e. The van der Waals surface area contributed by atoms with Gasteiger partial charge in [-0.25, -0.2) is 4.98 Å². The molecule has 0 saturated carbocycles. The molecule has 1 fully saturated rings. The van der Waals surface area contributed by atoms with Crippen LogP contribution in [0.25, 0.3) is 23.0 Å². The Labute approximate surface area is 182 Å². The van der Waals surface area contributed by atoms with Crippen molar-refractivity contribution < 1.29 is 0 Å². The van der Waals surface area contributed by atoms with E-state index in [0.717, 1.165) is 67.0 Å². The highest BCUT2D eigenvalue weighted by Crippen LogP contribution is 2.19. The smallest absolute Gasteiger partial charge is 0.139 e. The highest BCUT2D eigenvalue weighted by atomic mass is 15.3. The number of pyridine rings is 1. The molecule has 1 unspecified atom stereocenters. The van der Waals surface area contributed by atoms with E-state index in [4.69, 9.17) is 15.4 Å². The topological polar surface area (TPSA) is 60.0 Å². The number of hydrogen-bond acceptors (Lipinski definition) is 5. The Bertz CT molecular complexity index is 1310. The van der Waals surface area contributed by atoms with Crippen molar-refractivity contribution in [2.24, 2.45) is 4.99 Å². The standard InChI is InChI=1S/C25H30N6/c1-17-13-20(14-19-6-4-5-18(2)27-25(17)19)22-15-23(26)31-16-21(7-8-24(31)28-22)30-11-9-29(3)10-12-30/h6-8,13-16,18,26H,4-5,9-12H2,1-3H3. The summed E-state index contributed by atoms with van der Waals surface area (Å²) in [6.07, 6.45) is 6.47. The minimum atomic E-state index is 0.353. The average Bonchev–Trinajstić information content (AvgIpc) is 2.95. The molecule has 0 spiro atoms. The van der Waals surface area contributed by atoms with E-state index in [1.54, 1.807) is 0 Å². The Hall–Kier alpha value is -2.99. The molecule has 0 radical (unpaired) electrons. The van der Waals surface area contributed by atoms with Crippen molar-refractivity contribution in [2.75, 3.05) is 38.1 Å². The molecule has 2 aliphatic rings. The van der Waals surface area contributed by atoms with Crippen LogP contribution in [0.3, 0.4) is 0 Å². The van der Waals surface area contributed by atoms with E-state index in [2.05, 4.69) is 61.2 Å². The number of anilines is 1. The van der Waals surface area contributed by atoms with E-state index in [0.29, 0.717) is 11.5 Å². The Morgan fingerprint density at radius 2 is 1.87 bits per heavy atom. The van der Waals surface area contributed by atoms with Crippen LogP contribution in [-0.4, -0.2) is 53.6 Å². The second-order valence-electron chi connectivity index (χ2n) is 8.92. The largest absolute Gasteiger partial charge is 0.368 e. The van der Waals surface area contributed by atoms with E-state index >= 15 is 0 Å². The Kier molecular flexibility index (Phi) is 5.10. The number of aryl methyl sites for hydroxylation is 1. The summed E-state index contributed by atoms with van der Waals surface area (Å²) in [6, 6.07) is 10.7. The Balaban J connectivity index is 1.57. The van der Waals surface area contributed by atoms with Gasteiger partial charge in [-0.3, -0.25) is 14.8 Å². The molecule has 6 heteroatoms. The fourth-order valence-electron chi connectivity index (χ4n) is 4.57. The number of benzene rings is 1. The number of nitrogens with one attached hydrogen (secondary N) is 1. The van der Waals surface area contributed by atoms with E-state index < -0.39 is 0 Å². The van der Waals surface area contributed by atoms with E-state index in [9.17, 15) is 0 Å². The van der Waals surface area contributed by atoms with Gasteiger partial charge in [-0.1, -0.05) is 6.08 Å². The predicted molar refractivity (Wildman–Crippen MR) is 125 cm³/mol. The van der Waals surface area contributed by atoms with Gasteiger partial charge in [-0.15, -0.1) is 0 Å². The second-order valence-corrected chi connectivity index (χ2v) is 8.92. The van der Waals surface area contributed by atoms with Crippen molar-refractivity contribution in [1.29, 1.82) is 5.41 Å². The molecule has 1 atom stereocenters. The van der Waals surface area contributed by atoms with Gasteiger partial charge in [0.2, 0.25) is 0 Å².